The van der Waals surface area contributed by atoms with Gasteiger partial charge in [0, 0.05) is 11.4 Å². The topological polar surface area (TPSA) is 29.1 Å². The van der Waals surface area contributed by atoms with Gasteiger partial charge in [0.1, 0.15) is 0 Å². The van der Waals surface area contributed by atoms with E-state index in [0.717, 1.165) is 0 Å². The maximum absolute atomic E-state index is 12.1. The molecule has 1 amide bonds. The predicted octanol–water partition coefficient (Wildman–Crippen LogP) is 3.41. The Hall–Kier alpha value is -0.470. The van der Waals surface area contributed by atoms with E-state index in [0.29, 0.717) is 12.8 Å². The van der Waals surface area contributed by atoms with Crippen LogP contribution in [0.1, 0.15) is 19.8 Å². The van der Waals surface area contributed by atoms with Crippen molar-refractivity contribution in [3.63, 3.8) is 0 Å². The highest BCUT2D eigenvalue weighted by molar-refractivity contribution is 9.09. The summed E-state index contributed by atoms with van der Waals surface area (Å²) in [5, 5.41) is 1.65. The standard InChI is InChI=1S/C9H12BrF6NO/c1-2-3-5(10)4-17-7(18)6(8(11,12)13)9(14,15)16/h5-6H,2-4H2,1H3,(H,17,18). The summed E-state index contributed by atoms with van der Waals surface area (Å²) in [6.07, 6.45) is -10.1. The van der Waals surface area contributed by atoms with Gasteiger partial charge in [-0.3, -0.25) is 4.79 Å². The molecule has 0 aliphatic rings. The molecule has 2 nitrogen and oxygen atoms in total. The van der Waals surface area contributed by atoms with Crippen molar-refractivity contribution >= 4 is 21.8 Å². The number of hydrogen-bond acceptors (Lipinski definition) is 1. The lowest BCUT2D eigenvalue weighted by Gasteiger charge is -2.22. The molecule has 0 saturated heterocycles. The van der Waals surface area contributed by atoms with E-state index >= 15 is 0 Å². The summed E-state index contributed by atoms with van der Waals surface area (Å²) >= 11 is 3.04. The molecule has 0 aromatic carbocycles. The smallest absolute Gasteiger partial charge is 0.354 e. The second kappa shape index (κ2) is 6.63. The predicted molar refractivity (Wildman–Crippen MR) is 56.2 cm³/mol. The largest absolute Gasteiger partial charge is 0.409 e. The Balaban J connectivity index is 4.61. The fraction of sp³-hybridized carbons (Fsp3) is 0.889. The molecule has 1 unspecified atom stereocenters. The van der Waals surface area contributed by atoms with Crippen LogP contribution in [0.4, 0.5) is 26.3 Å². The third-order valence-corrected chi connectivity index (χ3v) is 2.80. The van der Waals surface area contributed by atoms with Gasteiger partial charge in [-0.05, 0) is 6.42 Å². The van der Waals surface area contributed by atoms with Crippen molar-refractivity contribution in [2.75, 3.05) is 6.54 Å². The Morgan fingerprint density at radius 2 is 1.61 bits per heavy atom. The van der Waals surface area contributed by atoms with Crippen LogP contribution in [0.2, 0.25) is 0 Å². The molecule has 0 spiro atoms. The van der Waals surface area contributed by atoms with E-state index < -0.39 is 24.2 Å². The second-order valence-electron chi connectivity index (χ2n) is 3.65. The molecule has 0 aliphatic heterocycles. The SMILES string of the molecule is CCCC(Br)CNC(=O)C(C(F)(F)F)C(F)(F)F. The summed E-state index contributed by atoms with van der Waals surface area (Å²) in [5.74, 6) is -6.05. The molecule has 0 radical (unpaired) electrons. The highest BCUT2D eigenvalue weighted by Crippen LogP contribution is 2.39. The number of carbonyl (C=O) groups is 1. The maximum Gasteiger partial charge on any atom is 0.409 e. The zero-order valence-electron chi connectivity index (χ0n) is 9.33. The van der Waals surface area contributed by atoms with E-state index in [1.54, 1.807) is 12.2 Å². The lowest BCUT2D eigenvalue weighted by atomic mass is 10.1. The zero-order valence-corrected chi connectivity index (χ0v) is 10.9. The second-order valence-corrected chi connectivity index (χ2v) is 4.94. The van der Waals surface area contributed by atoms with Crippen LogP contribution in [0, 0.1) is 5.92 Å². The lowest BCUT2D eigenvalue weighted by Crippen LogP contribution is -2.48. The summed E-state index contributed by atoms with van der Waals surface area (Å²) < 4.78 is 72.9. The van der Waals surface area contributed by atoms with Gasteiger partial charge in [-0.25, -0.2) is 0 Å². The summed E-state index contributed by atoms with van der Waals surface area (Å²) in [7, 11) is 0. The Bertz CT molecular complexity index is 263. The minimum atomic E-state index is -5.64. The first-order chi connectivity index (χ1) is 8.00. The quantitative estimate of drug-likeness (QED) is 0.601. The molecule has 1 atom stereocenters. The number of hydrogen-bond donors (Lipinski definition) is 1. The number of rotatable bonds is 5. The van der Waals surface area contributed by atoms with Crippen LogP contribution in [0.25, 0.3) is 0 Å². The van der Waals surface area contributed by atoms with E-state index in [-0.39, 0.29) is 11.4 Å². The number of halogens is 7. The Labute approximate surface area is 108 Å². The monoisotopic (exact) mass is 343 g/mol. The molecule has 1 N–H and O–H groups in total. The van der Waals surface area contributed by atoms with Crippen molar-refractivity contribution in [2.24, 2.45) is 5.92 Å². The number of alkyl halides is 7. The van der Waals surface area contributed by atoms with Crippen LogP contribution < -0.4 is 5.32 Å². The minimum Gasteiger partial charge on any atom is -0.354 e. The fourth-order valence-electron chi connectivity index (χ4n) is 1.21. The molecule has 0 fully saturated rings. The number of carbonyl (C=O) groups excluding carboxylic acids is 1. The van der Waals surface area contributed by atoms with Gasteiger partial charge < -0.3 is 5.32 Å². The van der Waals surface area contributed by atoms with Crippen molar-refractivity contribution in [1.82, 2.24) is 5.32 Å². The molecule has 9 heteroatoms. The van der Waals surface area contributed by atoms with Gasteiger partial charge in [0.2, 0.25) is 11.8 Å². The van der Waals surface area contributed by atoms with Gasteiger partial charge >= 0.3 is 12.4 Å². The minimum absolute atomic E-state index is 0.282. The number of nitrogens with one attached hydrogen (secondary N) is 1. The van der Waals surface area contributed by atoms with Crippen molar-refractivity contribution in [1.29, 1.82) is 0 Å². The van der Waals surface area contributed by atoms with Gasteiger partial charge in [-0.1, -0.05) is 29.3 Å². The third-order valence-electron chi connectivity index (χ3n) is 2.02. The average Bonchev–Trinajstić information content (AvgIpc) is 2.10. The van der Waals surface area contributed by atoms with E-state index in [4.69, 9.17) is 0 Å². The molecule has 0 rings (SSSR count). The Kier molecular flexibility index (Phi) is 6.45. The normalized spacial score (nSPS) is 14.7. The highest BCUT2D eigenvalue weighted by Gasteiger charge is 2.61. The fourth-order valence-corrected chi connectivity index (χ4v) is 1.83. The summed E-state index contributed by atoms with van der Waals surface area (Å²) in [4.78, 5) is 10.6. The van der Waals surface area contributed by atoms with E-state index in [9.17, 15) is 31.1 Å². The lowest BCUT2D eigenvalue weighted by molar-refractivity contribution is -0.274. The van der Waals surface area contributed by atoms with Crippen LogP contribution >= 0.6 is 15.9 Å². The molecule has 18 heavy (non-hydrogen) atoms. The van der Waals surface area contributed by atoms with Gasteiger partial charge in [-0.2, -0.15) is 26.3 Å². The van der Waals surface area contributed by atoms with Crippen molar-refractivity contribution in [3.8, 4) is 0 Å². The van der Waals surface area contributed by atoms with Gasteiger partial charge in [-0.15, -0.1) is 0 Å². The van der Waals surface area contributed by atoms with Crippen LogP contribution in [0.5, 0.6) is 0 Å². The first-order valence-corrected chi connectivity index (χ1v) is 5.97. The maximum atomic E-state index is 12.1. The summed E-state index contributed by atoms with van der Waals surface area (Å²) in [5.41, 5.74) is 0. The molecule has 0 aromatic rings. The molecule has 108 valence electrons. The molecular weight excluding hydrogens is 332 g/mol. The van der Waals surface area contributed by atoms with E-state index in [2.05, 4.69) is 15.9 Å². The third kappa shape index (κ3) is 5.92. The molecule has 0 aromatic heterocycles. The van der Waals surface area contributed by atoms with Gasteiger partial charge in [0.25, 0.3) is 0 Å². The molecule has 0 saturated carbocycles. The Morgan fingerprint density at radius 3 is 1.94 bits per heavy atom. The van der Waals surface area contributed by atoms with Crippen LogP contribution in [0.3, 0.4) is 0 Å². The summed E-state index contributed by atoms with van der Waals surface area (Å²) in [6.45, 7) is 1.51. The van der Waals surface area contributed by atoms with E-state index in [1.165, 1.54) is 0 Å². The summed E-state index contributed by atoms with van der Waals surface area (Å²) in [6, 6.07) is 0. The van der Waals surface area contributed by atoms with Crippen LogP contribution in [-0.2, 0) is 4.79 Å². The average molecular weight is 344 g/mol. The first kappa shape index (κ1) is 17.5. The van der Waals surface area contributed by atoms with Crippen molar-refractivity contribution in [3.05, 3.63) is 0 Å². The van der Waals surface area contributed by atoms with Crippen molar-refractivity contribution in [2.45, 2.75) is 36.9 Å². The van der Waals surface area contributed by atoms with Gasteiger partial charge in [0.15, 0.2) is 0 Å². The number of amides is 1. The zero-order chi connectivity index (χ0) is 14.6. The van der Waals surface area contributed by atoms with Gasteiger partial charge in [0.05, 0.1) is 0 Å². The molecule has 0 heterocycles. The van der Waals surface area contributed by atoms with Crippen molar-refractivity contribution < 1.29 is 31.1 Å². The first-order valence-electron chi connectivity index (χ1n) is 5.05. The van der Waals surface area contributed by atoms with Crippen LogP contribution in [0.15, 0.2) is 0 Å². The molecular formula is C9H12BrF6NO. The molecule has 0 aliphatic carbocycles. The van der Waals surface area contributed by atoms with Crippen LogP contribution in [-0.4, -0.2) is 29.6 Å². The highest BCUT2D eigenvalue weighted by atomic mass is 79.9. The van der Waals surface area contributed by atoms with E-state index in [1.807, 2.05) is 0 Å². The Morgan fingerprint density at radius 1 is 1.17 bits per heavy atom. The molecule has 0 bridgehead atoms.